The minimum absolute atomic E-state index is 0.0164. The third-order valence-corrected chi connectivity index (χ3v) is 2.73. The van der Waals surface area contributed by atoms with Crippen LogP contribution in [0.5, 0.6) is 0 Å². The summed E-state index contributed by atoms with van der Waals surface area (Å²) in [5.41, 5.74) is 7.03. The molecule has 4 heteroatoms. The van der Waals surface area contributed by atoms with Crippen molar-refractivity contribution in [2.75, 3.05) is 11.1 Å². The molecule has 0 bridgehead atoms. The lowest BCUT2D eigenvalue weighted by atomic mass is 10.1. The van der Waals surface area contributed by atoms with Crippen LogP contribution in [-0.4, -0.2) is 5.91 Å². The molecule has 1 aromatic carbocycles. The van der Waals surface area contributed by atoms with E-state index in [9.17, 15) is 4.79 Å². The van der Waals surface area contributed by atoms with Crippen LogP contribution < -0.4 is 11.1 Å². The smallest absolute Gasteiger partial charge is 0.224 e. The molecular formula is C12H17BrN2O. The highest BCUT2D eigenvalue weighted by Gasteiger charge is 2.06. The Kier molecular flexibility index (Phi) is 4.80. The molecule has 3 N–H and O–H groups in total. The Hall–Kier alpha value is -1.03. The van der Waals surface area contributed by atoms with Gasteiger partial charge in [-0.3, -0.25) is 4.79 Å². The number of carbonyl (C=O) groups excluding carboxylic acids is 1. The number of benzene rings is 1. The minimum atomic E-state index is 0.0164. The van der Waals surface area contributed by atoms with E-state index in [1.165, 1.54) is 0 Å². The molecule has 0 fully saturated rings. The van der Waals surface area contributed by atoms with Crippen LogP contribution in [0.15, 0.2) is 22.7 Å². The quantitative estimate of drug-likeness (QED) is 0.833. The van der Waals surface area contributed by atoms with E-state index in [0.29, 0.717) is 23.7 Å². The maximum absolute atomic E-state index is 11.6. The minimum Gasteiger partial charge on any atom is -0.397 e. The first-order valence-corrected chi connectivity index (χ1v) is 6.13. The molecule has 1 rings (SSSR count). The van der Waals surface area contributed by atoms with E-state index in [2.05, 4.69) is 35.1 Å². The average Bonchev–Trinajstić information content (AvgIpc) is 2.19. The summed E-state index contributed by atoms with van der Waals surface area (Å²) in [6.45, 7) is 4.20. The van der Waals surface area contributed by atoms with Gasteiger partial charge in [0.2, 0.25) is 5.91 Å². The molecule has 0 heterocycles. The van der Waals surface area contributed by atoms with Crippen molar-refractivity contribution in [3.8, 4) is 0 Å². The topological polar surface area (TPSA) is 55.1 Å². The molecule has 16 heavy (non-hydrogen) atoms. The molecule has 3 nitrogen and oxygen atoms in total. The van der Waals surface area contributed by atoms with Crippen LogP contribution in [0.25, 0.3) is 0 Å². The third kappa shape index (κ3) is 4.23. The number of nitrogens with two attached hydrogens (primary N) is 1. The van der Waals surface area contributed by atoms with Gasteiger partial charge in [-0.1, -0.05) is 29.8 Å². The number of rotatable bonds is 4. The van der Waals surface area contributed by atoms with Crippen molar-refractivity contribution < 1.29 is 4.79 Å². The molecular weight excluding hydrogens is 268 g/mol. The Balaban J connectivity index is 2.56. The fourth-order valence-electron chi connectivity index (χ4n) is 1.28. The van der Waals surface area contributed by atoms with Gasteiger partial charge in [-0.25, -0.2) is 0 Å². The summed E-state index contributed by atoms with van der Waals surface area (Å²) in [7, 11) is 0. The van der Waals surface area contributed by atoms with Crippen LogP contribution in [0, 0.1) is 5.92 Å². The normalized spacial score (nSPS) is 10.5. The molecule has 0 saturated heterocycles. The standard InChI is InChI=1S/C12H17BrN2O/c1-8(2)3-6-12(16)15-11-5-4-9(13)7-10(11)14/h4-5,7-8H,3,6,14H2,1-2H3,(H,15,16). The first-order chi connectivity index (χ1) is 7.49. The largest absolute Gasteiger partial charge is 0.397 e. The molecule has 0 aliphatic heterocycles. The van der Waals surface area contributed by atoms with Crippen molar-refractivity contribution in [2.24, 2.45) is 5.92 Å². The van der Waals surface area contributed by atoms with E-state index >= 15 is 0 Å². The first kappa shape index (κ1) is 13.0. The Bertz CT molecular complexity index is 377. The number of anilines is 2. The molecule has 0 aliphatic rings. The van der Waals surface area contributed by atoms with Crippen LogP contribution in [0.2, 0.25) is 0 Å². The second-order valence-electron chi connectivity index (χ2n) is 4.21. The zero-order chi connectivity index (χ0) is 12.1. The van der Waals surface area contributed by atoms with Gasteiger partial charge in [-0.2, -0.15) is 0 Å². The number of carbonyl (C=O) groups is 1. The Morgan fingerprint density at radius 2 is 2.19 bits per heavy atom. The lowest BCUT2D eigenvalue weighted by molar-refractivity contribution is -0.116. The highest BCUT2D eigenvalue weighted by Crippen LogP contribution is 2.23. The SMILES string of the molecule is CC(C)CCC(=O)Nc1ccc(Br)cc1N. The Morgan fingerprint density at radius 1 is 1.50 bits per heavy atom. The highest BCUT2D eigenvalue weighted by molar-refractivity contribution is 9.10. The van der Waals surface area contributed by atoms with Gasteiger partial charge in [-0.05, 0) is 30.5 Å². The summed E-state index contributed by atoms with van der Waals surface area (Å²) in [4.78, 5) is 11.6. The molecule has 0 atom stereocenters. The second-order valence-corrected chi connectivity index (χ2v) is 5.13. The number of hydrogen-bond donors (Lipinski definition) is 2. The van der Waals surface area contributed by atoms with Crippen molar-refractivity contribution >= 4 is 33.2 Å². The van der Waals surface area contributed by atoms with E-state index in [0.717, 1.165) is 10.9 Å². The summed E-state index contributed by atoms with van der Waals surface area (Å²) < 4.78 is 0.908. The van der Waals surface area contributed by atoms with Gasteiger partial charge in [-0.15, -0.1) is 0 Å². The highest BCUT2D eigenvalue weighted by atomic mass is 79.9. The number of hydrogen-bond acceptors (Lipinski definition) is 2. The van der Waals surface area contributed by atoms with Crippen LogP contribution in [0.4, 0.5) is 11.4 Å². The first-order valence-electron chi connectivity index (χ1n) is 5.34. The van der Waals surface area contributed by atoms with Crippen LogP contribution in [0.1, 0.15) is 26.7 Å². The number of amides is 1. The zero-order valence-electron chi connectivity index (χ0n) is 9.59. The monoisotopic (exact) mass is 284 g/mol. The summed E-state index contributed by atoms with van der Waals surface area (Å²) in [5, 5.41) is 2.81. The number of nitrogen functional groups attached to an aromatic ring is 1. The van der Waals surface area contributed by atoms with Gasteiger partial charge >= 0.3 is 0 Å². The van der Waals surface area contributed by atoms with Gasteiger partial charge in [0.1, 0.15) is 0 Å². The van der Waals surface area contributed by atoms with Gasteiger partial charge in [0.25, 0.3) is 0 Å². The van der Waals surface area contributed by atoms with Crippen molar-refractivity contribution in [3.05, 3.63) is 22.7 Å². The Morgan fingerprint density at radius 3 is 2.75 bits per heavy atom. The molecule has 0 unspecified atom stereocenters. The maximum Gasteiger partial charge on any atom is 0.224 e. The third-order valence-electron chi connectivity index (χ3n) is 2.24. The summed E-state index contributed by atoms with van der Waals surface area (Å²) >= 11 is 3.32. The van der Waals surface area contributed by atoms with E-state index in [1.807, 2.05) is 6.07 Å². The van der Waals surface area contributed by atoms with E-state index in [-0.39, 0.29) is 5.91 Å². The Labute approximate surface area is 105 Å². The predicted molar refractivity (Wildman–Crippen MR) is 71.3 cm³/mol. The van der Waals surface area contributed by atoms with Gasteiger partial charge in [0.05, 0.1) is 11.4 Å². The lowest BCUT2D eigenvalue weighted by Gasteiger charge is -2.09. The van der Waals surface area contributed by atoms with Crippen LogP contribution in [-0.2, 0) is 4.79 Å². The molecule has 0 radical (unpaired) electrons. The molecule has 1 aromatic rings. The van der Waals surface area contributed by atoms with Crippen molar-refractivity contribution in [3.63, 3.8) is 0 Å². The fraction of sp³-hybridized carbons (Fsp3) is 0.417. The predicted octanol–water partition coefficient (Wildman–Crippen LogP) is 3.41. The summed E-state index contributed by atoms with van der Waals surface area (Å²) in [6, 6.07) is 5.43. The van der Waals surface area contributed by atoms with E-state index < -0.39 is 0 Å². The lowest BCUT2D eigenvalue weighted by Crippen LogP contribution is -2.13. The summed E-state index contributed by atoms with van der Waals surface area (Å²) in [6.07, 6.45) is 1.43. The second kappa shape index (κ2) is 5.89. The average molecular weight is 285 g/mol. The molecule has 0 aliphatic carbocycles. The maximum atomic E-state index is 11.6. The molecule has 88 valence electrons. The van der Waals surface area contributed by atoms with Crippen LogP contribution in [0.3, 0.4) is 0 Å². The molecule has 1 amide bonds. The number of halogens is 1. The van der Waals surface area contributed by atoms with Crippen molar-refractivity contribution in [2.45, 2.75) is 26.7 Å². The molecule has 0 saturated carbocycles. The summed E-state index contributed by atoms with van der Waals surface area (Å²) in [5.74, 6) is 0.552. The van der Waals surface area contributed by atoms with Gasteiger partial charge in [0.15, 0.2) is 0 Å². The van der Waals surface area contributed by atoms with Gasteiger partial charge in [0, 0.05) is 10.9 Å². The number of nitrogens with one attached hydrogen (secondary N) is 1. The fourth-order valence-corrected chi connectivity index (χ4v) is 1.66. The molecule has 0 aromatic heterocycles. The van der Waals surface area contributed by atoms with Crippen LogP contribution >= 0.6 is 15.9 Å². The van der Waals surface area contributed by atoms with Gasteiger partial charge < -0.3 is 11.1 Å². The van der Waals surface area contributed by atoms with Crippen molar-refractivity contribution in [1.29, 1.82) is 0 Å². The van der Waals surface area contributed by atoms with E-state index in [1.54, 1.807) is 12.1 Å². The van der Waals surface area contributed by atoms with Crippen molar-refractivity contribution in [1.82, 2.24) is 0 Å². The van der Waals surface area contributed by atoms with E-state index in [4.69, 9.17) is 5.73 Å². The zero-order valence-corrected chi connectivity index (χ0v) is 11.2. The molecule has 0 spiro atoms.